The van der Waals surface area contributed by atoms with Crippen LogP contribution >= 0.6 is 0 Å². The number of ether oxygens (including phenoxy) is 2. The highest BCUT2D eigenvalue weighted by molar-refractivity contribution is 5.40. The molecule has 0 aliphatic carbocycles. The number of rotatable bonds is 5. The Morgan fingerprint density at radius 2 is 1.82 bits per heavy atom. The van der Waals surface area contributed by atoms with Crippen molar-refractivity contribution in [2.75, 3.05) is 20.8 Å². The predicted molar refractivity (Wildman–Crippen MR) is 71.0 cm³/mol. The van der Waals surface area contributed by atoms with Crippen LogP contribution in [0.3, 0.4) is 0 Å². The van der Waals surface area contributed by atoms with Crippen molar-refractivity contribution in [2.24, 2.45) is 0 Å². The fourth-order valence-corrected chi connectivity index (χ4v) is 1.63. The van der Waals surface area contributed by atoms with Gasteiger partial charge in [-0.2, -0.15) is 0 Å². The molecule has 0 amide bonds. The summed E-state index contributed by atoms with van der Waals surface area (Å²) in [6.07, 6.45) is 0.949. The van der Waals surface area contributed by atoms with E-state index in [4.69, 9.17) is 9.47 Å². The third-order valence-electron chi connectivity index (χ3n) is 2.54. The lowest BCUT2D eigenvalue weighted by atomic mass is 10.1. The molecule has 0 radical (unpaired) electrons. The smallest absolute Gasteiger partial charge is 0.125 e. The van der Waals surface area contributed by atoms with Gasteiger partial charge in [0.1, 0.15) is 11.5 Å². The van der Waals surface area contributed by atoms with Gasteiger partial charge in [0.05, 0.1) is 14.2 Å². The maximum absolute atomic E-state index is 5.36. The van der Waals surface area contributed by atoms with E-state index in [2.05, 4.69) is 32.2 Å². The molecule has 3 nitrogen and oxygen atoms in total. The zero-order valence-corrected chi connectivity index (χ0v) is 11.5. The summed E-state index contributed by atoms with van der Waals surface area (Å²) in [5, 5.41) is 3.46. The summed E-state index contributed by atoms with van der Waals surface area (Å²) in [4.78, 5) is 0. The van der Waals surface area contributed by atoms with Gasteiger partial charge in [-0.15, -0.1) is 0 Å². The van der Waals surface area contributed by atoms with Gasteiger partial charge >= 0.3 is 0 Å². The van der Waals surface area contributed by atoms with Gasteiger partial charge in [0, 0.05) is 11.6 Å². The summed E-state index contributed by atoms with van der Waals surface area (Å²) in [7, 11) is 3.35. The SMILES string of the molecule is COc1ccc(CCNC(C)(C)C)c(OC)c1. The first kappa shape index (κ1) is 13.8. The Morgan fingerprint density at radius 3 is 2.35 bits per heavy atom. The topological polar surface area (TPSA) is 30.5 Å². The van der Waals surface area contributed by atoms with Crippen molar-refractivity contribution in [1.82, 2.24) is 5.32 Å². The third kappa shape index (κ3) is 4.65. The second kappa shape index (κ2) is 5.92. The first-order valence-corrected chi connectivity index (χ1v) is 5.92. The molecule has 0 aliphatic heterocycles. The number of hydrogen-bond acceptors (Lipinski definition) is 3. The summed E-state index contributed by atoms with van der Waals surface area (Å²) < 4.78 is 10.5. The van der Waals surface area contributed by atoms with Gasteiger partial charge in [-0.05, 0) is 45.4 Å². The van der Waals surface area contributed by atoms with Crippen molar-refractivity contribution in [1.29, 1.82) is 0 Å². The monoisotopic (exact) mass is 237 g/mol. The van der Waals surface area contributed by atoms with Crippen molar-refractivity contribution in [3.8, 4) is 11.5 Å². The van der Waals surface area contributed by atoms with E-state index in [1.807, 2.05) is 12.1 Å². The third-order valence-corrected chi connectivity index (χ3v) is 2.54. The molecule has 0 saturated carbocycles. The number of hydrogen-bond donors (Lipinski definition) is 1. The van der Waals surface area contributed by atoms with E-state index in [-0.39, 0.29) is 5.54 Å². The second-order valence-corrected chi connectivity index (χ2v) is 5.10. The molecule has 0 bridgehead atoms. The maximum Gasteiger partial charge on any atom is 0.125 e. The molecule has 3 heteroatoms. The molecule has 0 spiro atoms. The highest BCUT2D eigenvalue weighted by Crippen LogP contribution is 2.24. The zero-order chi connectivity index (χ0) is 12.9. The Balaban J connectivity index is 2.64. The molecule has 0 atom stereocenters. The molecule has 1 rings (SSSR count). The van der Waals surface area contributed by atoms with Crippen LogP contribution in [0.1, 0.15) is 26.3 Å². The molecule has 1 N–H and O–H groups in total. The van der Waals surface area contributed by atoms with E-state index in [0.29, 0.717) is 0 Å². The first-order chi connectivity index (χ1) is 7.96. The van der Waals surface area contributed by atoms with Crippen molar-refractivity contribution < 1.29 is 9.47 Å². The summed E-state index contributed by atoms with van der Waals surface area (Å²) in [5.74, 6) is 1.72. The zero-order valence-electron chi connectivity index (χ0n) is 11.5. The van der Waals surface area contributed by atoms with Gasteiger partial charge in [-0.3, -0.25) is 0 Å². The predicted octanol–water partition coefficient (Wildman–Crippen LogP) is 2.63. The number of methoxy groups -OCH3 is 2. The van der Waals surface area contributed by atoms with Crippen molar-refractivity contribution in [3.63, 3.8) is 0 Å². The number of benzene rings is 1. The molecule has 1 aromatic carbocycles. The van der Waals surface area contributed by atoms with Crippen LogP contribution in [0.2, 0.25) is 0 Å². The molecule has 0 unspecified atom stereocenters. The van der Waals surface area contributed by atoms with Crippen LogP contribution < -0.4 is 14.8 Å². The van der Waals surface area contributed by atoms with Crippen LogP contribution in [0.4, 0.5) is 0 Å². The van der Waals surface area contributed by atoms with E-state index >= 15 is 0 Å². The Bertz CT molecular complexity index is 356. The van der Waals surface area contributed by atoms with E-state index in [9.17, 15) is 0 Å². The summed E-state index contributed by atoms with van der Waals surface area (Å²) in [5.41, 5.74) is 1.35. The van der Waals surface area contributed by atoms with Gasteiger partial charge in [0.2, 0.25) is 0 Å². The minimum atomic E-state index is 0.152. The molecule has 96 valence electrons. The van der Waals surface area contributed by atoms with Gasteiger partial charge in [-0.1, -0.05) is 6.07 Å². The molecule has 0 aromatic heterocycles. The van der Waals surface area contributed by atoms with Gasteiger partial charge in [-0.25, -0.2) is 0 Å². The molecule has 0 saturated heterocycles. The van der Waals surface area contributed by atoms with Crippen LogP contribution in [0, 0.1) is 0 Å². The normalized spacial score (nSPS) is 11.4. The Morgan fingerprint density at radius 1 is 1.12 bits per heavy atom. The second-order valence-electron chi connectivity index (χ2n) is 5.10. The maximum atomic E-state index is 5.36. The molecule has 1 aromatic rings. The highest BCUT2D eigenvalue weighted by atomic mass is 16.5. The van der Waals surface area contributed by atoms with Crippen LogP contribution in [0.15, 0.2) is 18.2 Å². The lowest BCUT2D eigenvalue weighted by molar-refractivity contribution is 0.388. The fourth-order valence-electron chi connectivity index (χ4n) is 1.63. The highest BCUT2D eigenvalue weighted by Gasteiger charge is 2.09. The quantitative estimate of drug-likeness (QED) is 0.854. The Labute approximate surface area is 104 Å². The van der Waals surface area contributed by atoms with Crippen molar-refractivity contribution >= 4 is 0 Å². The Kier molecular flexibility index (Phi) is 4.82. The van der Waals surface area contributed by atoms with E-state index in [1.165, 1.54) is 5.56 Å². The Hall–Kier alpha value is -1.22. The molecule has 17 heavy (non-hydrogen) atoms. The van der Waals surface area contributed by atoms with Gasteiger partial charge < -0.3 is 14.8 Å². The molecular weight excluding hydrogens is 214 g/mol. The van der Waals surface area contributed by atoms with Crippen LogP contribution in [0.25, 0.3) is 0 Å². The lowest BCUT2D eigenvalue weighted by Gasteiger charge is -2.20. The van der Waals surface area contributed by atoms with Crippen molar-refractivity contribution in [2.45, 2.75) is 32.7 Å². The van der Waals surface area contributed by atoms with Crippen molar-refractivity contribution in [3.05, 3.63) is 23.8 Å². The summed E-state index contributed by atoms with van der Waals surface area (Å²) in [6, 6.07) is 5.95. The van der Waals surface area contributed by atoms with E-state index in [0.717, 1.165) is 24.5 Å². The lowest BCUT2D eigenvalue weighted by Crippen LogP contribution is -2.37. The minimum absolute atomic E-state index is 0.152. The van der Waals surface area contributed by atoms with Crippen LogP contribution in [-0.4, -0.2) is 26.3 Å². The van der Waals surface area contributed by atoms with E-state index < -0.39 is 0 Å². The average Bonchev–Trinajstić information content (AvgIpc) is 2.27. The average molecular weight is 237 g/mol. The van der Waals surface area contributed by atoms with E-state index in [1.54, 1.807) is 14.2 Å². The molecule has 0 fully saturated rings. The first-order valence-electron chi connectivity index (χ1n) is 5.92. The summed E-state index contributed by atoms with van der Waals surface area (Å²) >= 11 is 0. The van der Waals surface area contributed by atoms with Gasteiger partial charge in [0.25, 0.3) is 0 Å². The molecule has 0 heterocycles. The van der Waals surface area contributed by atoms with Crippen LogP contribution in [0.5, 0.6) is 11.5 Å². The largest absolute Gasteiger partial charge is 0.497 e. The fraction of sp³-hybridized carbons (Fsp3) is 0.571. The summed E-state index contributed by atoms with van der Waals surface area (Å²) in [6.45, 7) is 7.43. The molecule has 0 aliphatic rings. The minimum Gasteiger partial charge on any atom is -0.497 e. The van der Waals surface area contributed by atoms with Crippen LogP contribution in [-0.2, 0) is 6.42 Å². The van der Waals surface area contributed by atoms with Gasteiger partial charge in [0.15, 0.2) is 0 Å². The number of nitrogens with one attached hydrogen (secondary N) is 1. The molecular formula is C14H23NO2. The standard InChI is InChI=1S/C14H23NO2/c1-14(2,3)15-9-8-11-6-7-12(16-4)10-13(11)17-5/h6-7,10,15H,8-9H2,1-5H3.